The second-order valence-electron chi connectivity index (χ2n) is 6.51. The largest absolute Gasteiger partial charge is 0.467 e. The van der Waals surface area contributed by atoms with Crippen molar-refractivity contribution in [3.05, 3.63) is 10.6 Å². The van der Waals surface area contributed by atoms with Gasteiger partial charge >= 0.3 is 0 Å². The molecule has 0 saturated carbocycles. The van der Waals surface area contributed by atoms with Gasteiger partial charge in [0.05, 0.1) is 5.69 Å². The number of nitrogens with one attached hydrogen (secondary N) is 1. The molecule has 1 aromatic rings. The molecule has 0 aromatic carbocycles. The van der Waals surface area contributed by atoms with E-state index in [0.29, 0.717) is 5.19 Å². The third-order valence-corrected chi connectivity index (χ3v) is 4.84. The molecule has 2 heterocycles. The molecule has 0 spiro atoms. The number of fused-ring (bicyclic) bond motifs is 1. The maximum absolute atomic E-state index is 13.5. The summed E-state index contributed by atoms with van der Waals surface area (Å²) in [4.78, 5) is 8.38. The fourth-order valence-corrected chi connectivity index (χ4v) is 3.49. The molecule has 22 heavy (non-hydrogen) atoms. The lowest BCUT2D eigenvalue weighted by Gasteiger charge is -2.19. The summed E-state index contributed by atoms with van der Waals surface area (Å²) in [6, 6.07) is 0. The molecule has 1 N–H and O–H groups in total. The van der Waals surface area contributed by atoms with E-state index in [0.717, 1.165) is 44.7 Å². The third-order valence-electron chi connectivity index (χ3n) is 3.77. The van der Waals surface area contributed by atoms with Crippen molar-refractivity contribution in [2.45, 2.75) is 45.2 Å². The highest BCUT2D eigenvalue weighted by molar-refractivity contribution is 7.13. The van der Waals surface area contributed by atoms with Gasteiger partial charge in [-0.2, -0.15) is 0 Å². The molecule has 0 unspecified atom stereocenters. The van der Waals surface area contributed by atoms with Crippen LogP contribution in [0.5, 0.6) is 5.19 Å². The van der Waals surface area contributed by atoms with Crippen molar-refractivity contribution in [3.63, 3.8) is 0 Å². The summed E-state index contributed by atoms with van der Waals surface area (Å²) < 4.78 is 19.0. The molecule has 1 aliphatic rings. The summed E-state index contributed by atoms with van der Waals surface area (Å²) in [7, 11) is 2.00. The lowest BCUT2D eigenvalue weighted by atomic mass is 10.2. The highest BCUT2D eigenvalue weighted by Gasteiger charge is 2.21. The van der Waals surface area contributed by atoms with Crippen molar-refractivity contribution >= 4 is 11.3 Å². The topological polar surface area (TPSA) is 37.4 Å². The Morgan fingerprint density at radius 3 is 2.82 bits per heavy atom. The predicted molar refractivity (Wildman–Crippen MR) is 89.8 cm³/mol. The van der Waals surface area contributed by atoms with Crippen LogP contribution in [0.2, 0.25) is 0 Å². The van der Waals surface area contributed by atoms with E-state index < -0.39 is 5.67 Å². The van der Waals surface area contributed by atoms with Crippen LogP contribution in [0.1, 0.15) is 37.3 Å². The quantitative estimate of drug-likeness (QED) is 0.744. The van der Waals surface area contributed by atoms with Gasteiger partial charge in [0.1, 0.15) is 12.3 Å². The normalized spacial score (nSPS) is 16.4. The molecular weight excluding hydrogens is 301 g/mol. The number of alkyl halides is 1. The summed E-state index contributed by atoms with van der Waals surface area (Å²) in [5.41, 5.74) is -0.165. The number of thiazole rings is 1. The van der Waals surface area contributed by atoms with E-state index in [2.05, 4.69) is 15.2 Å². The SMILES string of the molecule is CNCCCCN1CCc2nc(OCC(C)(C)F)sc2CC1. The van der Waals surface area contributed by atoms with E-state index in [9.17, 15) is 4.39 Å². The smallest absolute Gasteiger partial charge is 0.273 e. The van der Waals surface area contributed by atoms with Crippen LogP contribution in [-0.4, -0.2) is 55.4 Å². The molecule has 0 fully saturated rings. The second kappa shape index (κ2) is 8.22. The zero-order chi connectivity index (χ0) is 16.0. The van der Waals surface area contributed by atoms with Gasteiger partial charge in [0, 0.05) is 24.4 Å². The first-order valence-corrected chi connectivity index (χ1v) is 8.97. The number of unbranched alkanes of at least 4 members (excludes halogenated alkanes) is 1. The Labute approximate surface area is 137 Å². The molecule has 0 bridgehead atoms. The molecule has 0 saturated heterocycles. The van der Waals surface area contributed by atoms with Crippen LogP contribution in [0.25, 0.3) is 0 Å². The Hall–Kier alpha value is -0.720. The van der Waals surface area contributed by atoms with Gasteiger partial charge in [0.15, 0.2) is 0 Å². The van der Waals surface area contributed by atoms with Gasteiger partial charge in [0.25, 0.3) is 5.19 Å². The minimum atomic E-state index is -1.31. The molecule has 4 nitrogen and oxygen atoms in total. The zero-order valence-electron chi connectivity index (χ0n) is 14.0. The van der Waals surface area contributed by atoms with Crippen LogP contribution in [0, 0.1) is 0 Å². The highest BCUT2D eigenvalue weighted by Crippen LogP contribution is 2.29. The number of nitrogens with zero attached hydrogens (tertiary/aromatic N) is 2. The minimum Gasteiger partial charge on any atom is -0.467 e. The Bertz CT molecular complexity index is 433. The molecule has 1 aliphatic heterocycles. The molecule has 0 aliphatic carbocycles. The van der Waals surface area contributed by atoms with Crippen molar-refractivity contribution in [2.24, 2.45) is 0 Å². The second-order valence-corrected chi connectivity index (χ2v) is 7.56. The van der Waals surface area contributed by atoms with Gasteiger partial charge in [-0.05, 0) is 53.2 Å². The average molecular weight is 329 g/mol. The number of halogens is 1. The molecule has 1 aromatic heterocycles. The number of ether oxygens (including phenoxy) is 1. The summed E-state index contributed by atoms with van der Waals surface area (Å²) in [5, 5.41) is 3.81. The number of hydrogen-bond donors (Lipinski definition) is 1. The highest BCUT2D eigenvalue weighted by atomic mass is 32.1. The first kappa shape index (κ1) is 17.6. The maximum atomic E-state index is 13.5. The van der Waals surface area contributed by atoms with Crippen molar-refractivity contribution in [3.8, 4) is 5.19 Å². The fraction of sp³-hybridized carbons (Fsp3) is 0.812. The van der Waals surface area contributed by atoms with Gasteiger partial charge in [-0.15, -0.1) is 0 Å². The van der Waals surface area contributed by atoms with Gasteiger partial charge in [-0.25, -0.2) is 9.37 Å². The lowest BCUT2D eigenvalue weighted by Crippen LogP contribution is -2.28. The van der Waals surface area contributed by atoms with Crippen molar-refractivity contribution < 1.29 is 9.13 Å². The van der Waals surface area contributed by atoms with E-state index in [1.807, 2.05) is 7.05 Å². The standard InChI is InChI=1S/C16H28FN3OS/c1-16(2,17)12-21-15-19-13-6-10-20(9-5-4-8-18-3)11-7-14(13)22-15/h18H,4-12H2,1-3H3. The summed E-state index contributed by atoms with van der Waals surface area (Å²) >= 11 is 1.59. The van der Waals surface area contributed by atoms with Crippen molar-refractivity contribution in [1.82, 2.24) is 15.2 Å². The van der Waals surface area contributed by atoms with Gasteiger partial charge in [-0.3, -0.25) is 0 Å². The monoisotopic (exact) mass is 329 g/mol. The predicted octanol–water partition coefficient (Wildman–Crippen LogP) is 2.67. The summed E-state index contributed by atoms with van der Waals surface area (Å²) in [5.74, 6) is 0. The Morgan fingerprint density at radius 2 is 2.09 bits per heavy atom. The molecular formula is C16H28FN3OS. The van der Waals surface area contributed by atoms with E-state index in [1.165, 1.54) is 31.6 Å². The first-order chi connectivity index (χ1) is 10.5. The van der Waals surface area contributed by atoms with Crippen molar-refractivity contribution in [2.75, 3.05) is 39.8 Å². The molecule has 126 valence electrons. The Balaban J connectivity index is 1.80. The Morgan fingerprint density at radius 1 is 1.32 bits per heavy atom. The van der Waals surface area contributed by atoms with E-state index in [4.69, 9.17) is 4.74 Å². The van der Waals surface area contributed by atoms with Crippen LogP contribution in [0.4, 0.5) is 4.39 Å². The number of rotatable bonds is 8. The van der Waals surface area contributed by atoms with Crippen LogP contribution in [0.3, 0.4) is 0 Å². The maximum Gasteiger partial charge on any atom is 0.273 e. The molecule has 0 atom stereocenters. The third kappa shape index (κ3) is 5.82. The van der Waals surface area contributed by atoms with E-state index >= 15 is 0 Å². The fourth-order valence-electron chi connectivity index (χ4n) is 2.54. The van der Waals surface area contributed by atoms with Crippen LogP contribution in [0.15, 0.2) is 0 Å². The van der Waals surface area contributed by atoms with E-state index in [-0.39, 0.29) is 6.61 Å². The molecule has 0 amide bonds. The average Bonchev–Trinajstić information content (AvgIpc) is 2.76. The molecule has 6 heteroatoms. The summed E-state index contributed by atoms with van der Waals surface area (Å²) in [6.07, 6.45) is 4.47. The summed E-state index contributed by atoms with van der Waals surface area (Å²) in [6.45, 7) is 7.52. The minimum absolute atomic E-state index is 0.0665. The van der Waals surface area contributed by atoms with Gasteiger partial charge < -0.3 is 15.0 Å². The van der Waals surface area contributed by atoms with Crippen molar-refractivity contribution in [1.29, 1.82) is 0 Å². The molecule has 2 rings (SSSR count). The van der Waals surface area contributed by atoms with Crippen LogP contribution < -0.4 is 10.1 Å². The first-order valence-electron chi connectivity index (χ1n) is 8.15. The van der Waals surface area contributed by atoms with Gasteiger partial charge in [0.2, 0.25) is 0 Å². The number of aromatic nitrogens is 1. The van der Waals surface area contributed by atoms with Gasteiger partial charge in [-0.1, -0.05) is 11.3 Å². The lowest BCUT2D eigenvalue weighted by molar-refractivity contribution is 0.120. The van der Waals surface area contributed by atoms with Crippen LogP contribution in [-0.2, 0) is 12.8 Å². The van der Waals surface area contributed by atoms with Crippen LogP contribution >= 0.6 is 11.3 Å². The Kier molecular flexibility index (Phi) is 6.59. The zero-order valence-corrected chi connectivity index (χ0v) is 14.8. The molecule has 0 radical (unpaired) electrons. The number of hydrogen-bond acceptors (Lipinski definition) is 5. The van der Waals surface area contributed by atoms with E-state index in [1.54, 1.807) is 11.3 Å².